The zero-order valence-electron chi connectivity index (χ0n) is 24.2. The lowest BCUT2D eigenvalue weighted by Crippen LogP contribution is -2.31. The molecule has 1 unspecified atom stereocenters. The molecule has 2 aromatic carbocycles. The van der Waals surface area contributed by atoms with Crippen LogP contribution in [0.5, 0.6) is 0 Å². The van der Waals surface area contributed by atoms with Crippen molar-refractivity contribution in [1.82, 2.24) is 20.2 Å². The van der Waals surface area contributed by atoms with E-state index in [9.17, 15) is 26.3 Å². The number of rotatable bonds is 6. The van der Waals surface area contributed by atoms with Crippen LogP contribution in [0.4, 0.5) is 38.0 Å². The molecule has 3 aromatic rings. The molecule has 0 spiro atoms. The Morgan fingerprint density at radius 3 is 2.07 bits per heavy atom. The highest BCUT2D eigenvalue weighted by Crippen LogP contribution is 2.43. The minimum atomic E-state index is -4.93. The van der Waals surface area contributed by atoms with Crippen molar-refractivity contribution in [3.63, 3.8) is 0 Å². The van der Waals surface area contributed by atoms with Crippen molar-refractivity contribution in [2.75, 3.05) is 22.9 Å². The van der Waals surface area contributed by atoms with Gasteiger partial charge >= 0.3 is 12.4 Å². The number of aryl methyl sites for hydroxylation is 3. The summed E-state index contributed by atoms with van der Waals surface area (Å²) in [5, 5.41) is 12.5. The van der Waals surface area contributed by atoms with E-state index in [0.29, 0.717) is 12.3 Å². The van der Waals surface area contributed by atoms with Gasteiger partial charge in [-0.1, -0.05) is 24.0 Å². The Hall–Kier alpha value is -3.31. The summed E-state index contributed by atoms with van der Waals surface area (Å²) in [6, 6.07) is 5.95. The zero-order valence-corrected chi connectivity index (χ0v) is 24.2. The Labute approximate surface area is 247 Å². The molecule has 1 saturated carbocycles. The number of aromatic nitrogens is 4. The first-order valence-corrected chi connectivity index (χ1v) is 15.2. The Morgan fingerprint density at radius 2 is 1.47 bits per heavy atom. The van der Waals surface area contributed by atoms with Gasteiger partial charge in [0, 0.05) is 25.3 Å². The smallest absolute Gasteiger partial charge is 0.371 e. The molecule has 0 radical (unpaired) electrons. The Kier molecular flexibility index (Phi) is 8.06. The first kappa shape index (κ1) is 29.7. The van der Waals surface area contributed by atoms with E-state index in [0.717, 1.165) is 68.6 Å². The fourth-order valence-corrected chi connectivity index (χ4v) is 7.12. The first-order chi connectivity index (χ1) is 20.5. The van der Waals surface area contributed by atoms with Crippen molar-refractivity contribution in [2.24, 2.45) is 13.0 Å². The largest absolute Gasteiger partial charge is 0.416 e. The topological polar surface area (TPSA) is 50.1 Å². The van der Waals surface area contributed by atoms with Gasteiger partial charge in [0.2, 0.25) is 0 Å². The molecule has 6 nitrogen and oxygen atoms in total. The van der Waals surface area contributed by atoms with Gasteiger partial charge in [-0.3, -0.25) is 0 Å². The third-order valence-corrected chi connectivity index (χ3v) is 9.18. The minimum absolute atomic E-state index is 0.110. The minimum Gasteiger partial charge on any atom is -0.371 e. The number of nitrogens with zero attached hydrogens (tertiary/aromatic N) is 6. The van der Waals surface area contributed by atoms with Gasteiger partial charge in [-0.25, -0.2) is 0 Å². The SMILES string of the molecule is Cn1nnc(N(Cc2cc(C(F)(F)F)cc(C(F)(F)F)c2)C2CCCN(CC3CCCC3)c3cc4c(cc32)CCCC4)n1. The lowest BCUT2D eigenvalue weighted by atomic mass is 9.87. The van der Waals surface area contributed by atoms with E-state index < -0.39 is 23.5 Å². The molecule has 2 aliphatic carbocycles. The fraction of sp³-hybridized carbons (Fsp3) is 0.581. The van der Waals surface area contributed by atoms with Crippen LogP contribution >= 0.6 is 0 Å². The molecule has 12 heteroatoms. The highest BCUT2D eigenvalue weighted by Gasteiger charge is 2.38. The van der Waals surface area contributed by atoms with Crippen LogP contribution in [0.3, 0.4) is 0 Å². The molecule has 0 bridgehead atoms. The van der Waals surface area contributed by atoms with E-state index in [1.807, 2.05) is 0 Å². The average molecular weight is 607 g/mol. The Balaban J connectivity index is 1.45. The van der Waals surface area contributed by atoms with Crippen LogP contribution in [-0.2, 0) is 38.8 Å². The summed E-state index contributed by atoms with van der Waals surface area (Å²) in [6.45, 7) is 1.55. The van der Waals surface area contributed by atoms with Crippen LogP contribution in [0.1, 0.15) is 90.8 Å². The Bertz CT molecular complexity index is 1410. The quantitative estimate of drug-likeness (QED) is 0.270. The number of hydrogen-bond acceptors (Lipinski definition) is 5. The van der Waals surface area contributed by atoms with Crippen LogP contribution < -0.4 is 9.80 Å². The predicted molar refractivity (Wildman–Crippen MR) is 151 cm³/mol. The number of alkyl halides is 6. The number of halogens is 6. The zero-order chi connectivity index (χ0) is 30.4. The van der Waals surface area contributed by atoms with Crippen LogP contribution in [-0.4, -0.2) is 33.3 Å². The second-order valence-electron chi connectivity index (χ2n) is 12.3. The van der Waals surface area contributed by atoms with Crippen molar-refractivity contribution >= 4 is 11.6 Å². The molecule has 2 heterocycles. The summed E-state index contributed by atoms with van der Waals surface area (Å²) in [4.78, 5) is 5.47. The number of fused-ring (bicyclic) bond motifs is 2. The van der Waals surface area contributed by atoms with Gasteiger partial charge in [-0.15, -0.1) is 5.10 Å². The maximum absolute atomic E-state index is 13.8. The number of hydrogen-bond donors (Lipinski definition) is 0. The molecule has 6 rings (SSSR count). The number of tetrazole rings is 1. The van der Waals surface area contributed by atoms with Gasteiger partial charge in [0.05, 0.1) is 24.2 Å². The molecule has 232 valence electrons. The van der Waals surface area contributed by atoms with Gasteiger partial charge < -0.3 is 9.80 Å². The molecule has 3 aliphatic rings. The third kappa shape index (κ3) is 6.47. The normalized spacial score (nSPS) is 19.7. The molecule has 1 aliphatic heterocycles. The van der Waals surface area contributed by atoms with E-state index in [4.69, 9.17) is 0 Å². The van der Waals surface area contributed by atoms with Crippen LogP contribution in [0.25, 0.3) is 0 Å². The second-order valence-corrected chi connectivity index (χ2v) is 12.3. The molecule has 1 atom stereocenters. The molecule has 43 heavy (non-hydrogen) atoms. The van der Waals surface area contributed by atoms with Gasteiger partial charge in [0.25, 0.3) is 5.95 Å². The van der Waals surface area contributed by atoms with Crippen molar-refractivity contribution in [2.45, 2.75) is 89.1 Å². The van der Waals surface area contributed by atoms with Gasteiger partial charge in [-0.05, 0) is 109 Å². The van der Waals surface area contributed by atoms with Crippen LogP contribution in [0.15, 0.2) is 30.3 Å². The van der Waals surface area contributed by atoms with E-state index in [1.54, 1.807) is 11.9 Å². The summed E-state index contributed by atoms with van der Waals surface area (Å²) in [6.07, 6.45) is 0.643. The van der Waals surface area contributed by atoms with Crippen molar-refractivity contribution in [3.8, 4) is 0 Å². The molecule has 0 N–H and O–H groups in total. The third-order valence-electron chi connectivity index (χ3n) is 9.18. The standard InChI is InChI=1S/C31H36F6N6/c1-41-39-29(38-40-41)43(19-21-13-24(30(32,33)34)17-25(14-21)31(35,36)37)27-11-6-12-42(18-20-7-2-3-8-20)28-16-23-10-5-4-9-22(23)15-26(27)28/h13-17,20,27H,2-12,18-19H2,1H3. The van der Waals surface area contributed by atoms with Crippen LogP contribution in [0, 0.1) is 5.92 Å². The van der Waals surface area contributed by atoms with E-state index >= 15 is 0 Å². The second kappa shape index (κ2) is 11.6. The van der Waals surface area contributed by atoms with Crippen molar-refractivity contribution < 1.29 is 26.3 Å². The summed E-state index contributed by atoms with van der Waals surface area (Å²) >= 11 is 0. The van der Waals surface area contributed by atoms with Gasteiger partial charge in [0.1, 0.15) is 0 Å². The van der Waals surface area contributed by atoms with Crippen molar-refractivity contribution in [3.05, 3.63) is 63.7 Å². The molecule has 0 amide bonds. The molecule has 1 aromatic heterocycles. The lowest BCUT2D eigenvalue weighted by Gasteiger charge is -2.34. The summed E-state index contributed by atoms with van der Waals surface area (Å²) < 4.78 is 82.5. The highest BCUT2D eigenvalue weighted by atomic mass is 19.4. The molecular weight excluding hydrogens is 570 g/mol. The van der Waals surface area contributed by atoms with E-state index in [-0.39, 0.29) is 30.2 Å². The van der Waals surface area contributed by atoms with E-state index in [1.165, 1.54) is 41.6 Å². The summed E-state index contributed by atoms with van der Waals surface area (Å²) in [7, 11) is 1.58. The predicted octanol–water partition coefficient (Wildman–Crippen LogP) is 7.66. The van der Waals surface area contributed by atoms with Crippen LogP contribution in [0.2, 0.25) is 0 Å². The highest BCUT2D eigenvalue weighted by molar-refractivity contribution is 5.62. The van der Waals surface area contributed by atoms with Crippen molar-refractivity contribution in [1.29, 1.82) is 0 Å². The average Bonchev–Trinajstić information content (AvgIpc) is 3.60. The lowest BCUT2D eigenvalue weighted by molar-refractivity contribution is -0.143. The number of anilines is 2. The number of benzene rings is 2. The molecule has 0 saturated heterocycles. The fourth-order valence-electron chi connectivity index (χ4n) is 7.12. The summed E-state index contributed by atoms with van der Waals surface area (Å²) in [5.41, 5.74) is 1.98. The van der Waals surface area contributed by atoms with Gasteiger partial charge in [-0.2, -0.15) is 31.1 Å². The molecular formula is C31H36F6N6. The Morgan fingerprint density at radius 1 is 0.814 bits per heavy atom. The molecule has 1 fully saturated rings. The van der Waals surface area contributed by atoms with Gasteiger partial charge in [0.15, 0.2) is 0 Å². The first-order valence-electron chi connectivity index (χ1n) is 15.2. The van der Waals surface area contributed by atoms with E-state index in [2.05, 4.69) is 32.4 Å². The maximum atomic E-state index is 13.8. The summed E-state index contributed by atoms with van der Waals surface area (Å²) in [5.74, 6) is 0.787. The maximum Gasteiger partial charge on any atom is 0.416 e. The monoisotopic (exact) mass is 606 g/mol.